The zero-order chi connectivity index (χ0) is 12.1. The van der Waals surface area contributed by atoms with E-state index in [-0.39, 0.29) is 0 Å². The third kappa shape index (κ3) is 3.86. The van der Waals surface area contributed by atoms with Gasteiger partial charge in [-0.2, -0.15) is 0 Å². The molecule has 0 spiro atoms. The minimum absolute atomic E-state index is 0.474. The molecule has 1 amide bonds. The maximum atomic E-state index is 11.2. The number of carboxylic acid groups (broad SMARTS) is 1. The van der Waals surface area contributed by atoms with Crippen molar-refractivity contribution in [3.05, 3.63) is 40.4 Å². The summed E-state index contributed by atoms with van der Waals surface area (Å²) in [5, 5.41) is 10.9. The SMILES string of the molecule is Cc1ccc(NC(=O)/C=C\C(=O)O)cc1Br. The van der Waals surface area contributed by atoms with Crippen molar-refractivity contribution in [2.45, 2.75) is 6.92 Å². The molecule has 0 radical (unpaired) electrons. The van der Waals surface area contributed by atoms with Crippen LogP contribution in [0, 0.1) is 6.92 Å². The Hall–Kier alpha value is -1.62. The molecule has 1 aromatic rings. The first-order valence-corrected chi connectivity index (χ1v) is 5.26. The normalized spacial score (nSPS) is 10.4. The second kappa shape index (κ2) is 5.46. The molecule has 84 valence electrons. The Labute approximate surface area is 101 Å². The summed E-state index contributed by atoms with van der Waals surface area (Å²) in [6.45, 7) is 1.93. The van der Waals surface area contributed by atoms with Gasteiger partial charge in [0, 0.05) is 22.3 Å². The van der Waals surface area contributed by atoms with Crippen molar-refractivity contribution in [2.24, 2.45) is 0 Å². The highest BCUT2D eigenvalue weighted by molar-refractivity contribution is 9.10. The summed E-state index contributed by atoms with van der Waals surface area (Å²) in [4.78, 5) is 21.4. The van der Waals surface area contributed by atoms with Crippen molar-refractivity contribution in [1.29, 1.82) is 0 Å². The van der Waals surface area contributed by atoms with Gasteiger partial charge in [0.2, 0.25) is 5.91 Å². The molecule has 0 aliphatic carbocycles. The summed E-state index contributed by atoms with van der Waals surface area (Å²) < 4.78 is 0.882. The molecule has 5 heteroatoms. The molecule has 0 aromatic heterocycles. The number of aliphatic carboxylic acids is 1. The van der Waals surface area contributed by atoms with E-state index in [0.29, 0.717) is 5.69 Å². The standard InChI is InChI=1S/C11H10BrNO3/c1-7-2-3-8(6-9(7)12)13-10(14)4-5-11(15)16/h2-6H,1H3,(H,13,14)(H,15,16)/b5-4-. The number of hydrogen-bond donors (Lipinski definition) is 2. The predicted molar refractivity (Wildman–Crippen MR) is 64.3 cm³/mol. The lowest BCUT2D eigenvalue weighted by atomic mass is 10.2. The summed E-state index contributed by atoms with van der Waals surface area (Å²) in [6, 6.07) is 5.34. The van der Waals surface area contributed by atoms with Gasteiger partial charge in [0.05, 0.1) is 0 Å². The van der Waals surface area contributed by atoms with Gasteiger partial charge in [0.25, 0.3) is 0 Å². The van der Waals surface area contributed by atoms with E-state index in [1.165, 1.54) is 0 Å². The van der Waals surface area contributed by atoms with Crippen LogP contribution in [0.1, 0.15) is 5.56 Å². The lowest BCUT2D eigenvalue weighted by molar-refractivity contribution is -0.131. The third-order valence-corrected chi connectivity index (χ3v) is 2.67. The summed E-state index contributed by atoms with van der Waals surface area (Å²) in [7, 11) is 0. The maximum absolute atomic E-state index is 11.2. The average molecular weight is 284 g/mol. The van der Waals surface area contributed by atoms with Crippen LogP contribution in [0.2, 0.25) is 0 Å². The molecule has 0 atom stereocenters. The predicted octanol–water partition coefficient (Wildman–Crippen LogP) is 2.34. The Balaban J connectivity index is 2.70. The molecule has 0 aliphatic heterocycles. The van der Waals surface area contributed by atoms with E-state index in [2.05, 4.69) is 21.2 Å². The van der Waals surface area contributed by atoms with Gasteiger partial charge in [-0.1, -0.05) is 22.0 Å². The van der Waals surface area contributed by atoms with Crippen LogP contribution in [0.4, 0.5) is 5.69 Å². The zero-order valence-electron chi connectivity index (χ0n) is 8.53. The average Bonchev–Trinajstić information content (AvgIpc) is 2.21. The number of nitrogens with one attached hydrogen (secondary N) is 1. The number of benzene rings is 1. The molecule has 0 unspecified atom stereocenters. The highest BCUT2D eigenvalue weighted by Crippen LogP contribution is 2.20. The number of carbonyl (C=O) groups is 2. The molecule has 1 rings (SSSR count). The van der Waals surface area contributed by atoms with Gasteiger partial charge in [0.1, 0.15) is 0 Å². The monoisotopic (exact) mass is 283 g/mol. The van der Waals surface area contributed by atoms with Crippen molar-refractivity contribution in [1.82, 2.24) is 0 Å². The number of aryl methyl sites for hydroxylation is 1. The van der Waals surface area contributed by atoms with Crippen LogP contribution < -0.4 is 5.32 Å². The fourth-order valence-corrected chi connectivity index (χ4v) is 1.38. The number of carboxylic acids is 1. The molecule has 2 N–H and O–H groups in total. The number of halogens is 1. The first-order chi connectivity index (χ1) is 7.49. The minimum atomic E-state index is -1.15. The highest BCUT2D eigenvalue weighted by atomic mass is 79.9. The zero-order valence-corrected chi connectivity index (χ0v) is 10.1. The van der Waals surface area contributed by atoms with E-state index in [9.17, 15) is 9.59 Å². The van der Waals surface area contributed by atoms with Gasteiger partial charge < -0.3 is 10.4 Å². The fourth-order valence-electron chi connectivity index (χ4n) is 1.00. The van der Waals surface area contributed by atoms with Gasteiger partial charge in [0.15, 0.2) is 0 Å². The molecule has 4 nitrogen and oxygen atoms in total. The molecule has 0 aliphatic rings. The number of anilines is 1. The van der Waals surface area contributed by atoms with Crippen LogP contribution in [0.3, 0.4) is 0 Å². The molecular weight excluding hydrogens is 274 g/mol. The van der Waals surface area contributed by atoms with Crippen LogP contribution in [-0.2, 0) is 9.59 Å². The van der Waals surface area contributed by atoms with E-state index in [0.717, 1.165) is 22.2 Å². The van der Waals surface area contributed by atoms with Crippen molar-refractivity contribution >= 4 is 33.5 Å². The van der Waals surface area contributed by atoms with Gasteiger partial charge in [-0.3, -0.25) is 4.79 Å². The van der Waals surface area contributed by atoms with Crippen LogP contribution in [0.25, 0.3) is 0 Å². The molecule has 16 heavy (non-hydrogen) atoms. The third-order valence-electron chi connectivity index (χ3n) is 1.82. The Bertz CT molecular complexity index is 455. The number of amides is 1. The number of hydrogen-bond acceptors (Lipinski definition) is 2. The Morgan fingerprint density at radius 2 is 2.06 bits per heavy atom. The van der Waals surface area contributed by atoms with E-state index in [4.69, 9.17) is 5.11 Å². The lowest BCUT2D eigenvalue weighted by Gasteiger charge is -2.04. The summed E-state index contributed by atoms with van der Waals surface area (Å²) in [6.07, 6.45) is 1.76. The van der Waals surface area contributed by atoms with E-state index in [1.54, 1.807) is 12.1 Å². The van der Waals surface area contributed by atoms with Crippen molar-refractivity contribution in [3.8, 4) is 0 Å². The molecule has 0 saturated carbocycles. The Morgan fingerprint density at radius 1 is 1.38 bits per heavy atom. The quantitative estimate of drug-likeness (QED) is 0.837. The van der Waals surface area contributed by atoms with Crippen LogP contribution in [0.5, 0.6) is 0 Å². The van der Waals surface area contributed by atoms with Crippen molar-refractivity contribution in [2.75, 3.05) is 5.32 Å². The van der Waals surface area contributed by atoms with Gasteiger partial charge in [-0.15, -0.1) is 0 Å². The minimum Gasteiger partial charge on any atom is -0.478 e. The largest absolute Gasteiger partial charge is 0.478 e. The lowest BCUT2D eigenvalue weighted by Crippen LogP contribution is -2.08. The first-order valence-electron chi connectivity index (χ1n) is 4.47. The Kier molecular flexibility index (Phi) is 4.25. The van der Waals surface area contributed by atoms with Crippen LogP contribution in [-0.4, -0.2) is 17.0 Å². The second-order valence-corrected chi connectivity index (χ2v) is 3.98. The van der Waals surface area contributed by atoms with Gasteiger partial charge in [-0.05, 0) is 24.6 Å². The van der Waals surface area contributed by atoms with Crippen LogP contribution in [0.15, 0.2) is 34.8 Å². The number of carbonyl (C=O) groups excluding carboxylic acids is 1. The van der Waals surface area contributed by atoms with Gasteiger partial charge in [-0.25, -0.2) is 4.79 Å². The number of rotatable bonds is 3. The highest BCUT2D eigenvalue weighted by Gasteiger charge is 2.00. The van der Waals surface area contributed by atoms with E-state index in [1.807, 2.05) is 13.0 Å². The summed E-state index contributed by atoms with van der Waals surface area (Å²) in [5.41, 5.74) is 1.66. The Morgan fingerprint density at radius 3 is 2.62 bits per heavy atom. The molecule has 0 saturated heterocycles. The molecule has 0 heterocycles. The van der Waals surface area contributed by atoms with Crippen molar-refractivity contribution in [3.63, 3.8) is 0 Å². The molecule has 0 fully saturated rings. The summed E-state index contributed by atoms with van der Waals surface area (Å²) >= 11 is 3.33. The van der Waals surface area contributed by atoms with Crippen LogP contribution >= 0.6 is 15.9 Å². The smallest absolute Gasteiger partial charge is 0.328 e. The fraction of sp³-hybridized carbons (Fsp3) is 0.0909. The molecule has 0 bridgehead atoms. The van der Waals surface area contributed by atoms with Crippen molar-refractivity contribution < 1.29 is 14.7 Å². The van der Waals surface area contributed by atoms with Gasteiger partial charge >= 0.3 is 5.97 Å². The first kappa shape index (κ1) is 12.4. The topological polar surface area (TPSA) is 66.4 Å². The molecular formula is C11H10BrNO3. The van der Waals surface area contributed by atoms with E-state index >= 15 is 0 Å². The van der Waals surface area contributed by atoms with E-state index < -0.39 is 11.9 Å². The maximum Gasteiger partial charge on any atom is 0.328 e. The summed E-state index contributed by atoms with van der Waals surface area (Å²) in [5.74, 6) is -1.63. The second-order valence-electron chi connectivity index (χ2n) is 3.12. The molecule has 1 aromatic carbocycles.